The first-order valence-corrected chi connectivity index (χ1v) is 9.31. The molecule has 4 rings (SSSR count). The molecular weight excluding hydrogens is 367 g/mol. The molecule has 0 spiro atoms. The number of nitrogens with two attached hydrogens (primary N) is 1. The number of carbonyl (C=O) groups is 1. The number of benzene rings is 3. The third-order valence-electron chi connectivity index (χ3n) is 4.98. The first-order chi connectivity index (χ1) is 14.0. The van der Waals surface area contributed by atoms with Gasteiger partial charge in [0.1, 0.15) is 11.4 Å². The summed E-state index contributed by atoms with van der Waals surface area (Å²) in [6.07, 6.45) is 3.02. The number of nitrogens with zero attached hydrogens (tertiary/aromatic N) is 1. The maximum absolute atomic E-state index is 13.3. The Bertz CT molecular complexity index is 1250. The van der Waals surface area contributed by atoms with E-state index in [0.29, 0.717) is 16.6 Å². The summed E-state index contributed by atoms with van der Waals surface area (Å²) in [5.74, 6) is -1.15. The molecule has 1 aromatic heterocycles. The first-order valence-electron chi connectivity index (χ1n) is 9.31. The second-order valence-corrected chi connectivity index (χ2v) is 6.92. The highest BCUT2D eigenvalue weighted by Gasteiger charge is 2.14. The van der Waals surface area contributed by atoms with E-state index in [-0.39, 0.29) is 11.4 Å². The highest BCUT2D eigenvalue weighted by molar-refractivity contribution is 5.96. The van der Waals surface area contributed by atoms with E-state index in [0.717, 1.165) is 18.4 Å². The van der Waals surface area contributed by atoms with Crippen molar-refractivity contribution in [2.45, 2.75) is 12.8 Å². The number of hydrogen-bond donors (Lipinski definition) is 1. The van der Waals surface area contributed by atoms with E-state index in [9.17, 15) is 14.0 Å². The zero-order valence-electron chi connectivity index (χ0n) is 15.6. The molecule has 1 amide bonds. The van der Waals surface area contributed by atoms with Crippen LogP contribution in [-0.4, -0.2) is 10.5 Å². The standard InChI is InChI=1S/C24H19FN2O2/c25-18-9-11-19(12-10-18)27-15-21(24(26)29)23(28)20-14-17(8-13-22(20)27)7-6-16-4-2-1-3-5-16/h1-5,8-15H,6-7H2,(H2,26,29). The third-order valence-corrected chi connectivity index (χ3v) is 4.98. The topological polar surface area (TPSA) is 65.1 Å². The fourth-order valence-electron chi connectivity index (χ4n) is 3.46. The van der Waals surface area contributed by atoms with Gasteiger partial charge in [0.05, 0.1) is 5.52 Å². The van der Waals surface area contributed by atoms with E-state index in [4.69, 9.17) is 5.73 Å². The van der Waals surface area contributed by atoms with Crippen LogP contribution in [0.3, 0.4) is 0 Å². The van der Waals surface area contributed by atoms with Crippen molar-refractivity contribution in [1.29, 1.82) is 0 Å². The largest absolute Gasteiger partial charge is 0.365 e. The summed E-state index contributed by atoms with van der Waals surface area (Å²) < 4.78 is 15.0. The summed E-state index contributed by atoms with van der Waals surface area (Å²) in [5.41, 5.74) is 8.42. The van der Waals surface area contributed by atoms with Gasteiger partial charge in [-0.1, -0.05) is 36.4 Å². The quantitative estimate of drug-likeness (QED) is 0.563. The Labute approximate surface area is 167 Å². The SMILES string of the molecule is NC(=O)c1cn(-c2ccc(F)cc2)c2ccc(CCc3ccccc3)cc2c1=O. The molecular formula is C24H19FN2O2. The number of primary amides is 1. The van der Waals surface area contributed by atoms with Gasteiger partial charge in [-0.2, -0.15) is 0 Å². The highest BCUT2D eigenvalue weighted by Crippen LogP contribution is 2.20. The molecule has 0 saturated carbocycles. The molecule has 144 valence electrons. The Morgan fingerprint density at radius 1 is 0.897 bits per heavy atom. The number of hydrogen-bond acceptors (Lipinski definition) is 2. The van der Waals surface area contributed by atoms with Crippen LogP contribution < -0.4 is 11.2 Å². The van der Waals surface area contributed by atoms with Crippen LogP contribution in [0.15, 0.2) is 83.8 Å². The summed E-state index contributed by atoms with van der Waals surface area (Å²) in [4.78, 5) is 24.7. The minimum Gasteiger partial charge on any atom is -0.365 e. The first kappa shape index (κ1) is 18.6. The Morgan fingerprint density at radius 3 is 2.28 bits per heavy atom. The van der Waals surface area contributed by atoms with Gasteiger partial charge >= 0.3 is 0 Å². The van der Waals surface area contributed by atoms with Gasteiger partial charge in [-0.3, -0.25) is 9.59 Å². The van der Waals surface area contributed by atoms with E-state index < -0.39 is 11.3 Å². The molecule has 29 heavy (non-hydrogen) atoms. The predicted molar refractivity (Wildman–Crippen MR) is 112 cm³/mol. The Morgan fingerprint density at radius 2 is 1.59 bits per heavy atom. The number of halogens is 1. The molecule has 0 bridgehead atoms. The molecule has 5 heteroatoms. The maximum Gasteiger partial charge on any atom is 0.254 e. The lowest BCUT2D eigenvalue weighted by molar-refractivity contribution is 0.0999. The monoisotopic (exact) mass is 386 g/mol. The molecule has 3 aromatic carbocycles. The van der Waals surface area contributed by atoms with Crippen LogP contribution in [-0.2, 0) is 12.8 Å². The van der Waals surface area contributed by atoms with Gasteiger partial charge in [0.15, 0.2) is 0 Å². The molecule has 0 aliphatic rings. The van der Waals surface area contributed by atoms with E-state index >= 15 is 0 Å². The normalized spacial score (nSPS) is 10.9. The molecule has 4 aromatic rings. The van der Waals surface area contributed by atoms with Crippen LogP contribution in [0.5, 0.6) is 0 Å². The number of carbonyl (C=O) groups excluding carboxylic acids is 1. The van der Waals surface area contributed by atoms with Crippen molar-refractivity contribution >= 4 is 16.8 Å². The van der Waals surface area contributed by atoms with Crippen molar-refractivity contribution < 1.29 is 9.18 Å². The van der Waals surface area contributed by atoms with Gasteiger partial charge in [-0.05, 0) is 60.4 Å². The molecule has 0 saturated heterocycles. The van der Waals surface area contributed by atoms with Crippen molar-refractivity contribution in [1.82, 2.24) is 4.57 Å². The Balaban J connectivity index is 1.82. The Kier molecular flexibility index (Phi) is 4.96. The third kappa shape index (κ3) is 3.80. The number of aromatic nitrogens is 1. The zero-order valence-corrected chi connectivity index (χ0v) is 15.6. The molecule has 0 aliphatic heterocycles. The highest BCUT2D eigenvalue weighted by atomic mass is 19.1. The van der Waals surface area contributed by atoms with Crippen LogP contribution in [0.2, 0.25) is 0 Å². The van der Waals surface area contributed by atoms with Crippen LogP contribution in [0, 0.1) is 5.82 Å². The maximum atomic E-state index is 13.3. The zero-order chi connectivity index (χ0) is 20.4. The summed E-state index contributed by atoms with van der Waals surface area (Å²) in [7, 11) is 0. The van der Waals surface area contributed by atoms with Gasteiger partial charge in [0.2, 0.25) is 5.43 Å². The molecule has 0 unspecified atom stereocenters. The number of amides is 1. The van der Waals surface area contributed by atoms with Crippen LogP contribution >= 0.6 is 0 Å². The summed E-state index contributed by atoms with van der Waals surface area (Å²) in [6, 6.07) is 21.6. The van der Waals surface area contributed by atoms with Crippen LogP contribution in [0.25, 0.3) is 16.6 Å². The lowest BCUT2D eigenvalue weighted by Crippen LogP contribution is -2.24. The Hall–Kier alpha value is -3.73. The predicted octanol–water partition coefficient (Wildman–Crippen LogP) is 4.01. The van der Waals surface area contributed by atoms with Gasteiger partial charge < -0.3 is 10.3 Å². The molecule has 0 fully saturated rings. The molecule has 2 N–H and O–H groups in total. The summed E-state index contributed by atoms with van der Waals surface area (Å²) >= 11 is 0. The van der Waals surface area contributed by atoms with Crippen molar-refractivity contribution in [3.8, 4) is 5.69 Å². The lowest BCUT2D eigenvalue weighted by Gasteiger charge is -2.14. The van der Waals surface area contributed by atoms with Crippen LogP contribution in [0.1, 0.15) is 21.5 Å². The second kappa shape index (κ2) is 7.72. The fourth-order valence-corrected chi connectivity index (χ4v) is 3.46. The average molecular weight is 386 g/mol. The molecule has 0 atom stereocenters. The van der Waals surface area contributed by atoms with Crippen molar-refractivity contribution in [3.63, 3.8) is 0 Å². The lowest BCUT2D eigenvalue weighted by atomic mass is 10.0. The minimum absolute atomic E-state index is 0.0953. The molecule has 1 heterocycles. The smallest absolute Gasteiger partial charge is 0.254 e. The molecule has 4 nitrogen and oxygen atoms in total. The average Bonchev–Trinajstić information content (AvgIpc) is 2.74. The van der Waals surface area contributed by atoms with E-state index in [1.165, 1.54) is 23.9 Å². The van der Waals surface area contributed by atoms with Gasteiger partial charge in [-0.25, -0.2) is 4.39 Å². The van der Waals surface area contributed by atoms with E-state index in [1.807, 2.05) is 36.4 Å². The van der Waals surface area contributed by atoms with E-state index in [1.54, 1.807) is 16.7 Å². The van der Waals surface area contributed by atoms with Gasteiger partial charge in [-0.15, -0.1) is 0 Å². The number of aryl methyl sites for hydroxylation is 2. The van der Waals surface area contributed by atoms with Crippen molar-refractivity contribution in [2.75, 3.05) is 0 Å². The van der Waals surface area contributed by atoms with Gasteiger partial charge in [0, 0.05) is 17.3 Å². The summed E-state index contributed by atoms with van der Waals surface area (Å²) in [5, 5.41) is 0.413. The molecule has 0 aliphatic carbocycles. The number of pyridine rings is 1. The van der Waals surface area contributed by atoms with Gasteiger partial charge in [0.25, 0.3) is 5.91 Å². The minimum atomic E-state index is -0.789. The van der Waals surface area contributed by atoms with Crippen molar-refractivity contribution in [2.24, 2.45) is 5.73 Å². The van der Waals surface area contributed by atoms with E-state index in [2.05, 4.69) is 12.1 Å². The van der Waals surface area contributed by atoms with Crippen molar-refractivity contribution in [3.05, 3.63) is 112 Å². The van der Waals surface area contributed by atoms with Crippen LogP contribution in [0.4, 0.5) is 4.39 Å². The summed E-state index contributed by atoms with van der Waals surface area (Å²) in [6.45, 7) is 0. The number of rotatable bonds is 5. The molecule has 0 radical (unpaired) electrons. The number of fused-ring (bicyclic) bond motifs is 1. The second-order valence-electron chi connectivity index (χ2n) is 6.92. The fraction of sp³-hybridized carbons (Fsp3) is 0.0833.